The average molecular weight is 190 g/mol. The summed E-state index contributed by atoms with van der Waals surface area (Å²) in [7, 11) is 0. The van der Waals surface area contributed by atoms with Crippen molar-refractivity contribution in [3.63, 3.8) is 0 Å². The number of rotatable bonds is 2. The lowest BCUT2D eigenvalue weighted by atomic mass is 9.89. The molecule has 0 aliphatic carbocycles. The molecule has 1 atom stereocenters. The first kappa shape index (κ1) is 9.28. The van der Waals surface area contributed by atoms with E-state index in [0.29, 0.717) is 19.4 Å². The van der Waals surface area contributed by atoms with Gasteiger partial charge in [0, 0.05) is 6.42 Å². The molecule has 1 aromatic carbocycles. The first-order chi connectivity index (χ1) is 6.73. The molecule has 0 amide bonds. The van der Waals surface area contributed by atoms with Gasteiger partial charge < -0.3 is 9.84 Å². The van der Waals surface area contributed by atoms with Crippen molar-refractivity contribution >= 4 is 0 Å². The van der Waals surface area contributed by atoms with E-state index in [4.69, 9.17) is 4.74 Å². The van der Waals surface area contributed by atoms with E-state index >= 15 is 0 Å². The molecular formula is C12H14O2. The zero-order valence-corrected chi connectivity index (χ0v) is 8.07. The minimum absolute atomic E-state index is 0.357. The molecule has 1 aromatic rings. The third-order valence-corrected chi connectivity index (χ3v) is 2.51. The van der Waals surface area contributed by atoms with Crippen LogP contribution in [0.15, 0.2) is 36.9 Å². The predicted molar refractivity (Wildman–Crippen MR) is 55.4 cm³/mol. The van der Waals surface area contributed by atoms with E-state index in [2.05, 4.69) is 6.58 Å². The molecule has 1 unspecified atom stereocenters. The highest BCUT2D eigenvalue weighted by molar-refractivity contribution is 5.36. The highest BCUT2D eigenvalue weighted by Gasteiger charge is 2.31. The van der Waals surface area contributed by atoms with Crippen molar-refractivity contribution in [2.45, 2.75) is 18.4 Å². The van der Waals surface area contributed by atoms with Crippen LogP contribution < -0.4 is 4.74 Å². The molecule has 1 heterocycles. The number of benzene rings is 1. The fraction of sp³-hybridized carbons (Fsp3) is 0.333. The van der Waals surface area contributed by atoms with Crippen molar-refractivity contribution in [2.24, 2.45) is 0 Å². The zero-order chi connectivity index (χ0) is 10.0. The van der Waals surface area contributed by atoms with Crippen LogP contribution in [0.1, 0.15) is 12.0 Å². The first-order valence-corrected chi connectivity index (χ1v) is 4.77. The maximum Gasteiger partial charge on any atom is 0.122 e. The van der Waals surface area contributed by atoms with E-state index in [0.717, 1.165) is 11.3 Å². The summed E-state index contributed by atoms with van der Waals surface area (Å²) in [6.45, 7) is 4.00. The van der Waals surface area contributed by atoms with E-state index in [-0.39, 0.29) is 0 Å². The smallest absolute Gasteiger partial charge is 0.122 e. The van der Waals surface area contributed by atoms with Gasteiger partial charge in [-0.1, -0.05) is 24.3 Å². The van der Waals surface area contributed by atoms with Crippen LogP contribution in [-0.2, 0) is 6.42 Å². The monoisotopic (exact) mass is 190 g/mol. The number of para-hydroxylation sites is 1. The molecule has 14 heavy (non-hydrogen) atoms. The number of ether oxygens (including phenoxy) is 1. The predicted octanol–water partition coefficient (Wildman–Crippen LogP) is 1.93. The Morgan fingerprint density at radius 1 is 1.50 bits per heavy atom. The lowest BCUT2D eigenvalue weighted by Gasteiger charge is -2.32. The van der Waals surface area contributed by atoms with Gasteiger partial charge in [-0.3, -0.25) is 0 Å². The Labute approximate surface area is 83.8 Å². The van der Waals surface area contributed by atoms with Crippen LogP contribution in [0.2, 0.25) is 0 Å². The minimum Gasteiger partial charge on any atom is -0.490 e. The summed E-state index contributed by atoms with van der Waals surface area (Å²) in [5.74, 6) is 0.890. The zero-order valence-electron chi connectivity index (χ0n) is 8.07. The number of aliphatic hydroxyl groups is 1. The molecule has 1 aliphatic heterocycles. The van der Waals surface area contributed by atoms with Crippen LogP contribution in [0.3, 0.4) is 0 Å². The van der Waals surface area contributed by atoms with Crippen LogP contribution in [-0.4, -0.2) is 17.3 Å². The molecule has 0 saturated carbocycles. The molecule has 2 heteroatoms. The summed E-state index contributed by atoms with van der Waals surface area (Å²) >= 11 is 0. The fourth-order valence-corrected chi connectivity index (χ4v) is 1.81. The molecular weight excluding hydrogens is 176 g/mol. The van der Waals surface area contributed by atoms with Gasteiger partial charge in [0.05, 0.1) is 0 Å². The topological polar surface area (TPSA) is 29.5 Å². The van der Waals surface area contributed by atoms with E-state index in [1.807, 2.05) is 24.3 Å². The van der Waals surface area contributed by atoms with Crippen molar-refractivity contribution in [1.29, 1.82) is 0 Å². The maximum absolute atomic E-state index is 10.1. The molecule has 0 fully saturated rings. The molecule has 1 aliphatic rings. The molecule has 0 radical (unpaired) electrons. The second kappa shape index (κ2) is 3.46. The second-order valence-corrected chi connectivity index (χ2v) is 3.79. The van der Waals surface area contributed by atoms with Gasteiger partial charge in [-0.15, -0.1) is 6.58 Å². The van der Waals surface area contributed by atoms with Gasteiger partial charge >= 0.3 is 0 Å². The van der Waals surface area contributed by atoms with E-state index < -0.39 is 5.60 Å². The molecule has 0 aromatic heterocycles. The Morgan fingerprint density at radius 3 is 3.07 bits per heavy atom. The number of hydrogen-bond donors (Lipinski definition) is 1. The summed E-state index contributed by atoms with van der Waals surface area (Å²) in [6, 6.07) is 7.82. The minimum atomic E-state index is -0.768. The van der Waals surface area contributed by atoms with Gasteiger partial charge in [-0.25, -0.2) is 0 Å². The summed E-state index contributed by atoms with van der Waals surface area (Å²) in [5, 5.41) is 10.1. The number of hydrogen-bond acceptors (Lipinski definition) is 2. The maximum atomic E-state index is 10.1. The first-order valence-electron chi connectivity index (χ1n) is 4.77. The molecule has 2 rings (SSSR count). The normalized spacial score (nSPS) is 24.9. The summed E-state index contributed by atoms with van der Waals surface area (Å²) in [5.41, 5.74) is 0.305. The van der Waals surface area contributed by atoms with Crippen molar-refractivity contribution < 1.29 is 9.84 Å². The summed E-state index contributed by atoms with van der Waals surface area (Å²) in [6.07, 6.45) is 2.95. The lowest BCUT2D eigenvalue weighted by molar-refractivity contribution is -0.0142. The van der Waals surface area contributed by atoms with E-state index in [9.17, 15) is 5.11 Å². The Hall–Kier alpha value is -1.28. The van der Waals surface area contributed by atoms with Gasteiger partial charge in [-0.05, 0) is 18.1 Å². The van der Waals surface area contributed by atoms with Crippen molar-refractivity contribution in [3.8, 4) is 5.75 Å². The van der Waals surface area contributed by atoms with Crippen LogP contribution in [0.5, 0.6) is 5.75 Å². The highest BCUT2D eigenvalue weighted by Crippen LogP contribution is 2.30. The second-order valence-electron chi connectivity index (χ2n) is 3.79. The molecule has 2 nitrogen and oxygen atoms in total. The SMILES string of the molecule is C=CCC1(O)COc2ccccc2C1. The number of fused-ring (bicyclic) bond motifs is 1. The molecule has 0 bridgehead atoms. The Balaban J connectivity index is 2.24. The van der Waals surface area contributed by atoms with E-state index in [1.165, 1.54) is 0 Å². The molecule has 0 saturated heterocycles. The van der Waals surface area contributed by atoms with Crippen LogP contribution in [0, 0.1) is 0 Å². The van der Waals surface area contributed by atoms with Crippen molar-refractivity contribution in [3.05, 3.63) is 42.5 Å². The standard InChI is InChI=1S/C12H14O2/c1-2-7-12(13)8-10-5-3-4-6-11(10)14-9-12/h2-6,13H,1,7-9H2. The third kappa shape index (κ3) is 1.66. The Bertz CT molecular complexity index is 346. The Kier molecular flexibility index (Phi) is 2.30. The highest BCUT2D eigenvalue weighted by atomic mass is 16.5. The van der Waals surface area contributed by atoms with Gasteiger partial charge in [-0.2, -0.15) is 0 Å². The molecule has 0 spiro atoms. The van der Waals surface area contributed by atoms with Gasteiger partial charge in [0.1, 0.15) is 18.0 Å². The third-order valence-electron chi connectivity index (χ3n) is 2.51. The largest absolute Gasteiger partial charge is 0.490 e. The van der Waals surface area contributed by atoms with Gasteiger partial charge in [0.25, 0.3) is 0 Å². The van der Waals surface area contributed by atoms with Crippen molar-refractivity contribution in [1.82, 2.24) is 0 Å². The van der Waals surface area contributed by atoms with Crippen LogP contribution >= 0.6 is 0 Å². The van der Waals surface area contributed by atoms with Crippen LogP contribution in [0.4, 0.5) is 0 Å². The van der Waals surface area contributed by atoms with Crippen LogP contribution in [0.25, 0.3) is 0 Å². The van der Waals surface area contributed by atoms with Gasteiger partial charge in [0.15, 0.2) is 0 Å². The Morgan fingerprint density at radius 2 is 2.29 bits per heavy atom. The summed E-state index contributed by atoms with van der Waals surface area (Å²) < 4.78 is 5.49. The lowest BCUT2D eigenvalue weighted by Crippen LogP contribution is -2.40. The molecule has 1 N–H and O–H groups in total. The quantitative estimate of drug-likeness (QED) is 0.722. The van der Waals surface area contributed by atoms with Gasteiger partial charge in [0.2, 0.25) is 0 Å². The fourth-order valence-electron chi connectivity index (χ4n) is 1.81. The molecule has 74 valence electrons. The summed E-state index contributed by atoms with van der Waals surface area (Å²) in [4.78, 5) is 0. The average Bonchev–Trinajstić information content (AvgIpc) is 2.17. The van der Waals surface area contributed by atoms with E-state index in [1.54, 1.807) is 6.08 Å². The van der Waals surface area contributed by atoms with Crippen molar-refractivity contribution in [2.75, 3.05) is 6.61 Å².